The summed E-state index contributed by atoms with van der Waals surface area (Å²) in [6, 6.07) is 13.3. The maximum Gasteiger partial charge on any atom is 0.338 e. The van der Waals surface area contributed by atoms with Crippen molar-refractivity contribution in [2.45, 2.75) is 108 Å². The summed E-state index contributed by atoms with van der Waals surface area (Å²) in [5.74, 6) is -0.538. The third kappa shape index (κ3) is 6.51. The molecule has 8 bridgehead atoms. The molecule has 10 heteroatoms. The molecule has 10 rings (SSSR count). The van der Waals surface area contributed by atoms with Gasteiger partial charge in [0, 0.05) is 31.2 Å². The van der Waals surface area contributed by atoms with Crippen molar-refractivity contribution in [2.24, 2.45) is 23.7 Å². The molecule has 0 aromatic heterocycles. The Bertz CT molecular complexity index is 1610. The van der Waals surface area contributed by atoms with E-state index in [4.69, 9.17) is 18.9 Å². The van der Waals surface area contributed by atoms with Crippen LogP contribution in [0.2, 0.25) is 0 Å². The monoisotopic (exact) mass is 658 g/mol. The molecule has 8 fully saturated rings. The van der Waals surface area contributed by atoms with Crippen molar-refractivity contribution in [1.29, 1.82) is 0 Å². The molecule has 9 atom stereocenters. The van der Waals surface area contributed by atoms with Gasteiger partial charge in [0.15, 0.2) is 5.78 Å². The number of ketones is 1. The van der Waals surface area contributed by atoms with E-state index in [0.29, 0.717) is 54.2 Å². The topological polar surface area (TPSA) is 143 Å². The molecule has 4 saturated heterocycles. The lowest BCUT2D eigenvalue weighted by atomic mass is 9.65. The second-order valence-electron chi connectivity index (χ2n) is 15.0. The number of benzene rings is 2. The van der Waals surface area contributed by atoms with Gasteiger partial charge >= 0.3 is 23.9 Å². The molecular formula is C38H42O10. The molecule has 0 radical (unpaired) electrons. The molecule has 10 nitrogen and oxygen atoms in total. The average molecular weight is 659 g/mol. The molecule has 254 valence electrons. The van der Waals surface area contributed by atoms with Gasteiger partial charge in [0.25, 0.3) is 0 Å². The predicted molar refractivity (Wildman–Crippen MR) is 170 cm³/mol. The molecule has 0 spiro atoms. The first-order chi connectivity index (χ1) is 22.9. The summed E-state index contributed by atoms with van der Waals surface area (Å²) < 4.78 is 22.9. The van der Waals surface area contributed by atoms with Crippen LogP contribution < -0.4 is 0 Å². The normalized spacial score (nSPS) is 34.5. The number of ether oxygens (including phenoxy) is 4. The van der Waals surface area contributed by atoms with Crippen LogP contribution in [0, 0.1) is 23.7 Å². The molecule has 2 aromatic rings. The first-order valence-electron chi connectivity index (χ1n) is 17.1. The van der Waals surface area contributed by atoms with Crippen molar-refractivity contribution in [3.63, 3.8) is 0 Å². The van der Waals surface area contributed by atoms with Crippen molar-refractivity contribution in [1.82, 2.24) is 0 Å². The van der Waals surface area contributed by atoms with E-state index in [9.17, 15) is 29.1 Å². The lowest BCUT2D eigenvalue weighted by Gasteiger charge is -2.45. The number of hydrogen-bond acceptors (Lipinski definition) is 10. The summed E-state index contributed by atoms with van der Waals surface area (Å²) in [6.45, 7) is 3.17. The van der Waals surface area contributed by atoms with Crippen LogP contribution >= 0.6 is 0 Å². The highest BCUT2D eigenvalue weighted by molar-refractivity contribution is 5.96. The highest BCUT2D eigenvalue weighted by Crippen LogP contribution is 2.52. The minimum absolute atomic E-state index is 0.0387. The van der Waals surface area contributed by atoms with E-state index in [-0.39, 0.29) is 53.7 Å². The van der Waals surface area contributed by atoms with E-state index in [1.54, 1.807) is 55.5 Å². The largest absolute Gasteiger partial charge is 0.462 e. The zero-order valence-corrected chi connectivity index (χ0v) is 27.4. The number of fused-ring (bicyclic) bond motifs is 2. The quantitative estimate of drug-likeness (QED) is 0.234. The van der Waals surface area contributed by atoms with Gasteiger partial charge in [-0.15, -0.1) is 0 Å². The Morgan fingerprint density at radius 2 is 1.08 bits per heavy atom. The van der Waals surface area contributed by atoms with Gasteiger partial charge in [0.05, 0.1) is 29.1 Å². The number of hydrogen-bond donors (Lipinski definition) is 1. The standard InChI is InChI=1S/C19H22O5.C19H20O5/c2*1-11(20)13-2-4-14(5-3-13)18(22)24-19-8-12-6-15(9-19)17(21)23-16(7-12)10-19/h2-5,11-12,15-16,20H,6-10H2,1H3;2-5,12,15-16H,6-10H2,1H3. The predicted octanol–water partition coefficient (Wildman–Crippen LogP) is 5.69. The van der Waals surface area contributed by atoms with E-state index in [0.717, 1.165) is 44.1 Å². The van der Waals surface area contributed by atoms with Gasteiger partial charge in [0.2, 0.25) is 0 Å². The Balaban J connectivity index is 0.000000152. The van der Waals surface area contributed by atoms with Crippen molar-refractivity contribution in [3.05, 3.63) is 70.8 Å². The highest BCUT2D eigenvalue weighted by atomic mass is 16.6. The fourth-order valence-electron chi connectivity index (χ4n) is 9.25. The third-order valence-electron chi connectivity index (χ3n) is 11.2. The third-order valence-corrected chi connectivity index (χ3v) is 11.2. The molecule has 4 heterocycles. The first-order valence-corrected chi connectivity index (χ1v) is 17.1. The van der Waals surface area contributed by atoms with Crippen LogP contribution in [0.15, 0.2) is 48.5 Å². The Morgan fingerprint density at radius 1 is 0.667 bits per heavy atom. The average Bonchev–Trinajstić information content (AvgIpc) is 3.30. The molecule has 4 aliphatic carbocycles. The lowest BCUT2D eigenvalue weighted by Crippen LogP contribution is -2.48. The van der Waals surface area contributed by atoms with Crippen LogP contribution in [-0.2, 0) is 28.5 Å². The smallest absolute Gasteiger partial charge is 0.338 e. The first kappa shape index (κ1) is 32.5. The van der Waals surface area contributed by atoms with Crippen molar-refractivity contribution in [2.75, 3.05) is 0 Å². The Hall–Kier alpha value is -4.05. The Kier molecular flexibility index (Phi) is 8.42. The Labute approximate surface area is 279 Å². The number of rotatable bonds is 6. The molecule has 4 aliphatic heterocycles. The summed E-state index contributed by atoms with van der Waals surface area (Å²) in [6.07, 6.45) is 6.68. The number of carbonyl (C=O) groups excluding carboxylic acids is 5. The van der Waals surface area contributed by atoms with Crippen LogP contribution in [0.25, 0.3) is 0 Å². The number of Topliss-reactive ketones (excluding diaryl/α,β-unsaturated/α-hetero) is 1. The summed E-state index contributed by atoms with van der Waals surface area (Å²) in [5.41, 5.74) is 1.08. The summed E-state index contributed by atoms with van der Waals surface area (Å²) in [5, 5.41) is 9.56. The van der Waals surface area contributed by atoms with E-state index in [2.05, 4.69) is 0 Å². The molecule has 9 unspecified atom stereocenters. The molecule has 48 heavy (non-hydrogen) atoms. The molecule has 4 saturated carbocycles. The van der Waals surface area contributed by atoms with Crippen LogP contribution in [0.5, 0.6) is 0 Å². The lowest BCUT2D eigenvalue weighted by molar-refractivity contribution is -0.152. The van der Waals surface area contributed by atoms with Crippen molar-refractivity contribution >= 4 is 29.7 Å². The Morgan fingerprint density at radius 3 is 1.50 bits per heavy atom. The minimum atomic E-state index is -0.584. The maximum absolute atomic E-state index is 12.6. The van der Waals surface area contributed by atoms with Gasteiger partial charge in [-0.1, -0.05) is 24.3 Å². The van der Waals surface area contributed by atoms with Crippen molar-refractivity contribution < 1.29 is 48.0 Å². The van der Waals surface area contributed by atoms with E-state index < -0.39 is 17.3 Å². The van der Waals surface area contributed by atoms with Crippen LogP contribution in [0.3, 0.4) is 0 Å². The van der Waals surface area contributed by atoms with Crippen LogP contribution in [0.4, 0.5) is 0 Å². The maximum atomic E-state index is 12.6. The van der Waals surface area contributed by atoms with E-state index >= 15 is 0 Å². The number of esters is 4. The fraction of sp³-hybridized carbons (Fsp3) is 0.553. The highest BCUT2D eigenvalue weighted by Gasteiger charge is 2.56. The van der Waals surface area contributed by atoms with E-state index in [1.165, 1.54) is 6.92 Å². The molecule has 8 aliphatic rings. The van der Waals surface area contributed by atoms with Crippen LogP contribution in [-0.4, -0.2) is 58.2 Å². The summed E-state index contributed by atoms with van der Waals surface area (Å²) >= 11 is 0. The van der Waals surface area contributed by atoms with Gasteiger partial charge in [-0.3, -0.25) is 14.4 Å². The minimum Gasteiger partial charge on any atom is -0.462 e. The zero-order chi connectivity index (χ0) is 33.8. The molecule has 1 N–H and O–H groups in total. The molecular weight excluding hydrogens is 616 g/mol. The SMILES string of the molecule is CC(=O)c1ccc(C(=O)OC23CC4CC(C2)OC(=O)C(C4)C3)cc1.CC(O)c1ccc(C(=O)OC23CC4CC(C2)OC(=O)C(C4)C3)cc1. The van der Waals surface area contributed by atoms with Crippen LogP contribution in [0.1, 0.15) is 121 Å². The number of aliphatic hydroxyl groups is 1. The summed E-state index contributed by atoms with van der Waals surface area (Å²) in [7, 11) is 0. The summed E-state index contributed by atoms with van der Waals surface area (Å²) in [4.78, 5) is 60.6. The van der Waals surface area contributed by atoms with Gasteiger partial charge in [-0.25, -0.2) is 9.59 Å². The number of aliphatic hydroxyl groups excluding tert-OH is 1. The van der Waals surface area contributed by atoms with Gasteiger partial charge in [-0.05, 0) is 94.0 Å². The molecule has 2 aromatic carbocycles. The second kappa shape index (κ2) is 12.4. The van der Waals surface area contributed by atoms with Gasteiger partial charge in [0.1, 0.15) is 23.4 Å². The van der Waals surface area contributed by atoms with E-state index in [1.807, 2.05) is 0 Å². The zero-order valence-electron chi connectivity index (χ0n) is 27.4. The fourth-order valence-corrected chi connectivity index (χ4v) is 9.25. The number of carbonyl (C=O) groups is 5. The second-order valence-corrected chi connectivity index (χ2v) is 15.0. The van der Waals surface area contributed by atoms with Gasteiger partial charge < -0.3 is 24.1 Å². The van der Waals surface area contributed by atoms with Gasteiger partial charge in [-0.2, -0.15) is 0 Å². The molecule has 0 amide bonds. The van der Waals surface area contributed by atoms with Crippen molar-refractivity contribution in [3.8, 4) is 0 Å².